The van der Waals surface area contributed by atoms with E-state index in [1.807, 2.05) is 0 Å². The number of fused-ring (bicyclic) bond motifs is 1. The zero-order valence-corrected chi connectivity index (χ0v) is 14.7. The van der Waals surface area contributed by atoms with Gasteiger partial charge in [0.05, 0.1) is 26.1 Å². The van der Waals surface area contributed by atoms with Crippen LogP contribution in [-0.4, -0.2) is 50.4 Å². The highest BCUT2D eigenvalue weighted by Gasteiger charge is 2.28. The normalized spacial score (nSPS) is 19.3. The molecule has 9 nitrogen and oxygen atoms in total. The Labute approximate surface area is 155 Å². The third-order valence-electron chi connectivity index (χ3n) is 4.54. The number of benzene rings is 1. The average Bonchev–Trinajstić information content (AvgIpc) is 3.35. The van der Waals surface area contributed by atoms with Crippen LogP contribution in [0.4, 0.5) is 5.82 Å². The van der Waals surface area contributed by atoms with Crippen molar-refractivity contribution in [2.24, 2.45) is 0 Å². The zero-order chi connectivity index (χ0) is 18.8. The van der Waals surface area contributed by atoms with Gasteiger partial charge in [0.2, 0.25) is 0 Å². The van der Waals surface area contributed by atoms with Crippen molar-refractivity contribution in [1.82, 2.24) is 19.5 Å². The second kappa shape index (κ2) is 7.29. The molecule has 1 fully saturated rings. The molecule has 1 amide bonds. The molecule has 0 saturated carbocycles. The number of ether oxygens (including phenoxy) is 2. The van der Waals surface area contributed by atoms with Crippen molar-refractivity contribution in [3.63, 3.8) is 0 Å². The number of aromatic nitrogens is 4. The molecule has 1 aliphatic heterocycles. The molecule has 2 aromatic heterocycles. The van der Waals surface area contributed by atoms with Gasteiger partial charge in [-0.2, -0.15) is 0 Å². The summed E-state index contributed by atoms with van der Waals surface area (Å²) in [6.07, 6.45) is 4.10. The molecule has 140 valence electrons. The molecule has 0 aliphatic carbocycles. The van der Waals surface area contributed by atoms with Crippen molar-refractivity contribution >= 4 is 22.9 Å². The van der Waals surface area contributed by atoms with Crippen LogP contribution in [0.3, 0.4) is 0 Å². The Morgan fingerprint density at radius 3 is 2.81 bits per heavy atom. The van der Waals surface area contributed by atoms with E-state index in [4.69, 9.17) is 9.47 Å². The van der Waals surface area contributed by atoms with Crippen molar-refractivity contribution in [1.29, 1.82) is 0 Å². The first kappa shape index (κ1) is 17.4. The van der Waals surface area contributed by atoms with Gasteiger partial charge in [0.15, 0.2) is 17.0 Å². The lowest BCUT2D eigenvalue weighted by molar-refractivity contribution is -0.0207. The molecule has 1 aliphatic rings. The Morgan fingerprint density at radius 1 is 1.30 bits per heavy atom. The molecule has 3 heterocycles. The van der Waals surface area contributed by atoms with E-state index in [-0.39, 0.29) is 24.8 Å². The zero-order valence-electron chi connectivity index (χ0n) is 14.7. The van der Waals surface area contributed by atoms with E-state index in [1.54, 1.807) is 42.3 Å². The second-order valence-corrected chi connectivity index (χ2v) is 6.20. The van der Waals surface area contributed by atoms with E-state index in [1.165, 1.54) is 6.33 Å². The number of hydrogen-bond acceptors (Lipinski definition) is 7. The fourth-order valence-corrected chi connectivity index (χ4v) is 3.10. The minimum absolute atomic E-state index is 0.0126. The number of nitrogens with zero attached hydrogens (tertiary/aromatic N) is 4. The number of rotatable bonds is 5. The van der Waals surface area contributed by atoms with Crippen LogP contribution >= 0.6 is 0 Å². The van der Waals surface area contributed by atoms with Crippen LogP contribution in [-0.2, 0) is 4.74 Å². The molecular weight excluding hydrogens is 350 g/mol. The first-order valence-corrected chi connectivity index (χ1v) is 8.59. The number of amides is 1. The van der Waals surface area contributed by atoms with Crippen molar-refractivity contribution < 1.29 is 19.4 Å². The third-order valence-corrected chi connectivity index (χ3v) is 4.54. The van der Waals surface area contributed by atoms with E-state index in [2.05, 4.69) is 20.3 Å². The smallest absolute Gasteiger partial charge is 0.256 e. The van der Waals surface area contributed by atoms with Gasteiger partial charge in [-0.15, -0.1) is 0 Å². The topological polar surface area (TPSA) is 111 Å². The van der Waals surface area contributed by atoms with Gasteiger partial charge in [-0.3, -0.25) is 9.36 Å². The molecule has 0 radical (unpaired) electrons. The van der Waals surface area contributed by atoms with Gasteiger partial charge in [-0.05, 0) is 37.1 Å². The molecule has 2 atom stereocenters. The number of anilines is 1. The summed E-state index contributed by atoms with van der Waals surface area (Å²) in [5.74, 6) is 0.702. The van der Waals surface area contributed by atoms with Gasteiger partial charge in [0.25, 0.3) is 5.91 Å². The fraction of sp³-hybridized carbons (Fsp3) is 0.333. The van der Waals surface area contributed by atoms with Crippen LogP contribution in [0.5, 0.6) is 5.75 Å². The van der Waals surface area contributed by atoms with Gasteiger partial charge in [-0.25, -0.2) is 15.0 Å². The first-order chi connectivity index (χ1) is 13.2. The molecule has 0 unspecified atom stereocenters. The predicted molar refractivity (Wildman–Crippen MR) is 96.5 cm³/mol. The van der Waals surface area contributed by atoms with Gasteiger partial charge >= 0.3 is 0 Å². The highest BCUT2D eigenvalue weighted by atomic mass is 16.5. The number of imidazole rings is 1. The number of carbonyl (C=O) groups excluding carboxylic acids is 1. The van der Waals surface area contributed by atoms with Crippen LogP contribution in [0.15, 0.2) is 36.9 Å². The number of aliphatic hydroxyl groups excluding tert-OH is 1. The van der Waals surface area contributed by atoms with Crippen molar-refractivity contribution in [2.45, 2.75) is 25.2 Å². The number of aliphatic hydroxyl groups is 1. The Bertz CT molecular complexity index is 956. The average molecular weight is 369 g/mol. The minimum atomic E-state index is -0.301. The molecule has 0 spiro atoms. The number of hydrogen-bond donors (Lipinski definition) is 2. The van der Waals surface area contributed by atoms with Gasteiger partial charge < -0.3 is 19.9 Å². The Morgan fingerprint density at radius 2 is 2.11 bits per heavy atom. The van der Waals surface area contributed by atoms with Crippen molar-refractivity contribution in [3.05, 3.63) is 42.5 Å². The molecule has 9 heteroatoms. The summed E-state index contributed by atoms with van der Waals surface area (Å²) in [5, 5.41) is 12.0. The minimum Gasteiger partial charge on any atom is -0.497 e. The van der Waals surface area contributed by atoms with Gasteiger partial charge in [0.1, 0.15) is 18.3 Å². The summed E-state index contributed by atoms with van der Waals surface area (Å²) in [5.41, 5.74) is 1.53. The molecule has 0 bridgehead atoms. The lowest BCUT2D eigenvalue weighted by Gasteiger charge is -2.14. The molecular formula is C18H19N5O4. The lowest BCUT2D eigenvalue weighted by atomic mass is 10.2. The fourth-order valence-electron chi connectivity index (χ4n) is 3.10. The van der Waals surface area contributed by atoms with Gasteiger partial charge in [-0.1, -0.05) is 0 Å². The number of carbonyl (C=O) groups is 1. The third kappa shape index (κ3) is 3.34. The molecule has 1 saturated heterocycles. The summed E-state index contributed by atoms with van der Waals surface area (Å²) in [4.78, 5) is 25.3. The van der Waals surface area contributed by atoms with Gasteiger partial charge in [0, 0.05) is 5.56 Å². The maximum atomic E-state index is 12.5. The van der Waals surface area contributed by atoms with Crippen LogP contribution in [0.1, 0.15) is 29.4 Å². The summed E-state index contributed by atoms with van der Waals surface area (Å²) in [6.45, 7) is -0.0126. The molecule has 27 heavy (non-hydrogen) atoms. The quantitative estimate of drug-likeness (QED) is 0.705. The largest absolute Gasteiger partial charge is 0.497 e. The summed E-state index contributed by atoms with van der Waals surface area (Å²) in [6, 6.07) is 6.78. The maximum absolute atomic E-state index is 12.5. The van der Waals surface area contributed by atoms with E-state index < -0.39 is 0 Å². The monoisotopic (exact) mass is 369 g/mol. The van der Waals surface area contributed by atoms with E-state index in [0.29, 0.717) is 28.3 Å². The van der Waals surface area contributed by atoms with Crippen LogP contribution in [0, 0.1) is 0 Å². The van der Waals surface area contributed by atoms with Crippen molar-refractivity contribution in [3.8, 4) is 5.75 Å². The lowest BCUT2D eigenvalue weighted by Crippen LogP contribution is -2.15. The summed E-state index contributed by atoms with van der Waals surface area (Å²) >= 11 is 0. The molecule has 1 aromatic carbocycles. The SMILES string of the molecule is COc1ccc(C(=O)Nc2ncnc3c2ncn3[C@H]2CC[C@@H](CO)O2)cc1. The van der Waals surface area contributed by atoms with E-state index >= 15 is 0 Å². The summed E-state index contributed by atoms with van der Waals surface area (Å²) in [7, 11) is 1.57. The maximum Gasteiger partial charge on any atom is 0.256 e. The Balaban J connectivity index is 1.58. The molecule has 3 aromatic rings. The Kier molecular flexibility index (Phi) is 4.69. The highest BCUT2D eigenvalue weighted by Crippen LogP contribution is 2.31. The standard InChI is InChI=1S/C18H19N5O4/c1-26-12-4-2-11(3-5-12)18(25)22-16-15-17(20-9-19-16)23(10-21-15)14-7-6-13(8-24)27-14/h2-5,9-10,13-14,24H,6-8H2,1H3,(H,19,20,22,25)/t13-,14+/m0/s1. The van der Waals surface area contributed by atoms with Crippen LogP contribution in [0.2, 0.25) is 0 Å². The molecule has 2 N–H and O–H groups in total. The van der Waals surface area contributed by atoms with Crippen molar-refractivity contribution in [2.75, 3.05) is 19.0 Å². The highest BCUT2D eigenvalue weighted by molar-refractivity contribution is 6.06. The summed E-state index contributed by atoms with van der Waals surface area (Å²) < 4.78 is 12.7. The van der Waals surface area contributed by atoms with Crippen LogP contribution < -0.4 is 10.1 Å². The predicted octanol–water partition coefficient (Wildman–Crippen LogP) is 1.76. The Hall–Kier alpha value is -3.04. The second-order valence-electron chi connectivity index (χ2n) is 6.20. The first-order valence-electron chi connectivity index (χ1n) is 8.59. The number of nitrogens with one attached hydrogen (secondary N) is 1. The van der Waals surface area contributed by atoms with E-state index in [9.17, 15) is 9.90 Å². The molecule has 4 rings (SSSR count). The van der Waals surface area contributed by atoms with E-state index in [0.717, 1.165) is 12.8 Å². The number of methoxy groups -OCH3 is 1. The van der Waals surface area contributed by atoms with Crippen LogP contribution in [0.25, 0.3) is 11.2 Å².